The lowest BCUT2D eigenvalue weighted by atomic mass is 9.98. The van der Waals surface area contributed by atoms with Gasteiger partial charge in [0.1, 0.15) is 17.2 Å². The van der Waals surface area contributed by atoms with Crippen LogP contribution in [0.3, 0.4) is 0 Å². The molecule has 0 bridgehead atoms. The second-order valence-corrected chi connectivity index (χ2v) is 8.67. The summed E-state index contributed by atoms with van der Waals surface area (Å²) < 4.78 is 20.0. The second kappa shape index (κ2) is 9.65. The van der Waals surface area contributed by atoms with Gasteiger partial charge < -0.3 is 25.6 Å². The van der Waals surface area contributed by atoms with E-state index in [0.717, 1.165) is 17.3 Å². The van der Waals surface area contributed by atoms with Crippen LogP contribution in [-0.2, 0) is 0 Å². The first-order chi connectivity index (χ1) is 17.1. The number of rotatable bonds is 7. The van der Waals surface area contributed by atoms with Crippen molar-refractivity contribution in [1.82, 2.24) is 0 Å². The van der Waals surface area contributed by atoms with Gasteiger partial charge in [-0.15, -0.1) is 0 Å². The lowest BCUT2D eigenvalue weighted by Gasteiger charge is -2.20. The van der Waals surface area contributed by atoms with Gasteiger partial charge in [0, 0.05) is 46.9 Å². The van der Waals surface area contributed by atoms with Gasteiger partial charge in [-0.25, -0.2) is 9.18 Å². The van der Waals surface area contributed by atoms with Crippen LogP contribution in [0.5, 0.6) is 0 Å². The van der Waals surface area contributed by atoms with Gasteiger partial charge >= 0.3 is 5.97 Å². The van der Waals surface area contributed by atoms with Crippen LogP contribution in [0.1, 0.15) is 45.6 Å². The Hall–Kier alpha value is -4.46. The van der Waals surface area contributed by atoms with Gasteiger partial charge in [0.25, 0.3) is 0 Å². The van der Waals surface area contributed by atoms with Crippen LogP contribution in [0.25, 0.3) is 22.3 Å². The molecule has 1 atom stereocenters. The SMILES string of the molecule is CNc1ccc(-c2oc3c([C@@H](C)Nc4ccc(F)cc4C(=O)O)cc(C)cc3c(=O)c2C)cc1C=N. The monoisotopic (exact) mass is 487 g/mol. The van der Waals surface area contributed by atoms with E-state index in [1.165, 1.54) is 18.3 Å². The van der Waals surface area contributed by atoms with Crippen molar-refractivity contribution >= 4 is 34.5 Å². The van der Waals surface area contributed by atoms with Gasteiger partial charge in [0.05, 0.1) is 17.0 Å². The third kappa shape index (κ3) is 4.45. The molecule has 0 amide bonds. The Morgan fingerprint density at radius 1 is 1.11 bits per heavy atom. The Kier molecular flexibility index (Phi) is 6.61. The van der Waals surface area contributed by atoms with Gasteiger partial charge in [0.15, 0.2) is 5.43 Å². The maximum absolute atomic E-state index is 13.7. The summed E-state index contributed by atoms with van der Waals surface area (Å²) in [6, 6.07) is 12.1. The van der Waals surface area contributed by atoms with Gasteiger partial charge in [-0.1, -0.05) is 6.07 Å². The van der Waals surface area contributed by atoms with Crippen LogP contribution in [0.4, 0.5) is 15.8 Å². The fourth-order valence-electron chi connectivity index (χ4n) is 4.35. The number of carboxylic acids is 1. The molecular formula is C28H26FN3O4. The van der Waals surface area contributed by atoms with Gasteiger partial charge in [-0.2, -0.15) is 0 Å². The average Bonchev–Trinajstić information content (AvgIpc) is 2.86. The molecular weight excluding hydrogens is 461 g/mol. The molecule has 0 aliphatic rings. The molecule has 184 valence electrons. The van der Waals surface area contributed by atoms with Gasteiger partial charge in [-0.3, -0.25) is 4.79 Å². The molecule has 4 aromatic rings. The summed E-state index contributed by atoms with van der Waals surface area (Å²) in [5, 5.41) is 23.8. The van der Waals surface area contributed by atoms with Crippen molar-refractivity contribution in [3.63, 3.8) is 0 Å². The molecule has 0 aliphatic carbocycles. The highest BCUT2D eigenvalue weighted by Crippen LogP contribution is 2.33. The summed E-state index contributed by atoms with van der Waals surface area (Å²) in [6.45, 7) is 5.39. The number of anilines is 2. The number of fused-ring (bicyclic) bond motifs is 1. The van der Waals surface area contributed by atoms with Crippen molar-refractivity contribution in [2.45, 2.75) is 26.8 Å². The highest BCUT2D eigenvalue weighted by molar-refractivity contribution is 5.94. The van der Waals surface area contributed by atoms with E-state index < -0.39 is 17.8 Å². The number of aromatic carboxylic acids is 1. The van der Waals surface area contributed by atoms with Crippen LogP contribution in [0.2, 0.25) is 0 Å². The van der Waals surface area contributed by atoms with E-state index in [1.54, 1.807) is 26.1 Å². The quantitative estimate of drug-likeness (QED) is 0.233. The summed E-state index contributed by atoms with van der Waals surface area (Å²) in [4.78, 5) is 25.1. The normalized spacial score (nSPS) is 11.8. The second-order valence-electron chi connectivity index (χ2n) is 8.67. The number of hydrogen-bond acceptors (Lipinski definition) is 6. The molecule has 0 saturated carbocycles. The average molecular weight is 488 g/mol. The van der Waals surface area contributed by atoms with Crippen molar-refractivity contribution in [2.24, 2.45) is 0 Å². The molecule has 0 saturated heterocycles. The maximum atomic E-state index is 13.7. The highest BCUT2D eigenvalue weighted by Gasteiger charge is 2.21. The smallest absolute Gasteiger partial charge is 0.337 e. The van der Waals surface area contributed by atoms with E-state index >= 15 is 0 Å². The number of carboxylic acid groups (broad SMARTS) is 1. The maximum Gasteiger partial charge on any atom is 0.337 e. The van der Waals surface area contributed by atoms with Crippen LogP contribution >= 0.6 is 0 Å². The first-order valence-electron chi connectivity index (χ1n) is 11.3. The van der Waals surface area contributed by atoms with Crippen molar-refractivity contribution in [3.8, 4) is 11.3 Å². The number of aryl methyl sites for hydroxylation is 1. The minimum absolute atomic E-state index is 0.175. The predicted octanol–water partition coefficient (Wildman–Crippen LogP) is 6.13. The van der Waals surface area contributed by atoms with Crippen LogP contribution < -0.4 is 16.1 Å². The van der Waals surface area contributed by atoms with Crippen LogP contribution in [0, 0.1) is 25.1 Å². The summed E-state index contributed by atoms with van der Waals surface area (Å²) in [7, 11) is 1.77. The molecule has 1 aromatic heterocycles. The Balaban J connectivity index is 1.90. The fourth-order valence-corrected chi connectivity index (χ4v) is 4.35. The highest BCUT2D eigenvalue weighted by atomic mass is 19.1. The van der Waals surface area contributed by atoms with E-state index in [4.69, 9.17) is 9.83 Å². The predicted molar refractivity (Wildman–Crippen MR) is 140 cm³/mol. The van der Waals surface area contributed by atoms with E-state index in [-0.39, 0.29) is 16.7 Å². The van der Waals surface area contributed by atoms with Crippen molar-refractivity contribution in [2.75, 3.05) is 17.7 Å². The molecule has 3 aromatic carbocycles. The number of hydrogen-bond donors (Lipinski definition) is 4. The van der Waals surface area contributed by atoms with E-state index in [2.05, 4.69) is 10.6 Å². The van der Waals surface area contributed by atoms with E-state index in [1.807, 2.05) is 32.0 Å². The molecule has 0 radical (unpaired) electrons. The standard InChI is InChI=1S/C28H26FN3O4/c1-14-9-20(16(3)32-24-8-6-19(29)12-21(24)28(34)35)27-22(10-14)25(33)15(2)26(36-27)17-5-7-23(31-4)18(11-17)13-30/h5-13,16,30-32H,1-4H3,(H,34,35)/t16-/m1/s1. The zero-order valence-corrected chi connectivity index (χ0v) is 20.3. The lowest BCUT2D eigenvalue weighted by Crippen LogP contribution is -2.14. The van der Waals surface area contributed by atoms with Crippen LogP contribution in [-0.4, -0.2) is 24.3 Å². The zero-order chi connectivity index (χ0) is 26.1. The molecule has 0 fully saturated rings. The third-order valence-electron chi connectivity index (χ3n) is 6.18. The third-order valence-corrected chi connectivity index (χ3v) is 6.18. The minimum atomic E-state index is -1.25. The first-order valence-corrected chi connectivity index (χ1v) is 11.3. The topological polar surface area (TPSA) is 115 Å². The Labute approximate surface area is 207 Å². The molecule has 0 spiro atoms. The summed E-state index contributed by atoms with van der Waals surface area (Å²) in [5.74, 6) is -1.51. The molecule has 8 heteroatoms. The molecule has 7 nitrogen and oxygen atoms in total. The zero-order valence-electron chi connectivity index (χ0n) is 20.3. The molecule has 36 heavy (non-hydrogen) atoms. The molecule has 0 unspecified atom stereocenters. The Bertz CT molecular complexity index is 1580. The number of benzene rings is 3. The largest absolute Gasteiger partial charge is 0.478 e. The van der Waals surface area contributed by atoms with Crippen molar-refractivity contribution in [1.29, 1.82) is 5.41 Å². The number of halogens is 1. The minimum Gasteiger partial charge on any atom is -0.478 e. The molecule has 4 rings (SSSR count). The van der Waals surface area contributed by atoms with Crippen LogP contribution in [0.15, 0.2) is 57.7 Å². The number of nitrogens with one attached hydrogen (secondary N) is 3. The molecule has 4 N–H and O–H groups in total. The fraction of sp³-hybridized carbons (Fsp3) is 0.179. The van der Waals surface area contributed by atoms with Crippen molar-refractivity contribution in [3.05, 3.63) is 92.4 Å². The summed E-state index contributed by atoms with van der Waals surface area (Å²) in [5.41, 5.74) is 4.27. The van der Waals surface area contributed by atoms with E-state index in [9.17, 15) is 19.1 Å². The molecule has 1 heterocycles. The Morgan fingerprint density at radius 2 is 1.83 bits per heavy atom. The van der Waals surface area contributed by atoms with Gasteiger partial charge in [0.2, 0.25) is 0 Å². The first kappa shape index (κ1) is 24.7. The summed E-state index contributed by atoms with van der Waals surface area (Å²) >= 11 is 0. The lowest BCUT2D eigenvalue weighted by molar-refractivity contribution is 0.0697. The Morgan fingerprint density at radius 3 is 2.50 bits per heavy atom. The summed E-state index contributed by atoms with van der Waals surface area (Å²) in [6.07, 6.45) is 1.23. The van der Waals surface area contributed by atoms with Gasteiger partial charge in [-0.05, 0) is 68.8 Å². The van der Waals surface area contributed by atoms with Crippen molar-refractivity contribution < 1.29 is 18.7 Å². The number of carbonyl (C=O) groups is 1. The van der Waals surface area contributed by atoms with E-state index in [0.29, 0.717) is 39.0 Å². The molecule has 0 aliphatic heterocycles.